The number of hydrogen-bond acceptors (Lipinski definition) is 2. The molecular formula is C11H13F3N2O2. The number of hydrogen-bond donors (Lipinski definition) is 2. The van der Waals surface area contributed by atoms with E-state index in [0.29, 0.717) is 0 Å². The molecule has 1 aromatic rings. The third-order valence-electron chi connectivity index (χ3n) is 2.08. The lowest BCUT2D eigenvalue weighted by molar-refractivity contribution is 0.173. The van der Waals surface area contributed by atoms with Gasteiger partial charge in [0.2, 0.25) is 0 Å². The van der Waals surface area contributed by atoms with Crippen LogP contribution in [0.1, 0.15) is 6.92 Å². The minimum atomic E-state index is -1.63. The van der Waals surface area contributed by atoms with Gasteiger partial charge >= 0.3 is 6.03 Å². The van der Waals surface area contributed by atoms with Crippen molar-refractivity contribution >= 4 is 11.7 Å². The summed E-state index contributed by atoms with van der Waals surface area (Å²) < 4.78 is 43.5. The number of carbonyl (C=O) groups excluding carboxylic acids is 1. The first-order chi connectivity index (χ1) is 8.45. The lowest BCUT2D eigenvalue weighted by Gasteiger charge is -2.14. The molecule has 1 aromatic carbocycles. The lowest BCUT2D eigenvalue weighted by Crippen LogP contribution is -2.38. The Labute approximate surface area is 102 Å². The maximum absolute atomic E-state index is 13.2. The van der Waals surface area contributed by atoms with Gasteiger partial charge in [0.25, 0.3) is 0 Å². The summed E-state index contributed by atoms with van der Waals surface area (Å²) in [5, 5.41) is 4.51. The van der Waals surface area contributed by atoms with Crippen molar-refractivity contribution in [2.24, 2.45) is 0 Å². The van der Waals surface area contributed by atoms with Gasteiger partial charge in [-0.2, -0.15) is 0 Å². The number of halogens is 3. The van der Waals surface area contributed by atoms with Crippen LogP contribution in [0.2, 0.25) is 0 Å². The predicted molar refractivity (Wildman–Crippen MR) is 59.8 cm³/mol. The molecule has 0 radical (unpaired) electrons. The molecule has 18 heavy (non-hydrogen) atoms. The van der Waals surface area contributed by atoms with E-state index >= 15 is 0 Å². The SMILES string of the molecule is COCC(C)NC(=O)Nc1ccc(F)c(F)c1F. The van der Waals surface area contributed by atoms with Crippen LogP contribution < -0.4 is 10.6 Å². The Hall–Kier alpha value is -1.76. The van der Waals surface area contributed by atoms with E-state index in [1.807, 2.05) is 0 Å². The first kappa shape index (κ1) is 14.3. The smallest absolute Gasteiger partial charge is 0.319 e. The van der Waals surface area contributed by atoms with Gasteiger partial charge in [0.1, 0.15) is 0 Å². The van der Waals surface area contributed by atoms with Gasteiger partial charge in [-0.1, -0.05) is 0 Å². The van der Waals surface area contributed by atoms with Crippen molar-refractivity contribution in [2.75, 3.05) is 19.0 Å². The van der Waals surface area contributed by atoms with Gasteiger partial charge in [-0.3, -0.25) is 0 Å². The topological polar surface area (TPSA) is 50.4 Å². The highest BCUT2D eigenvalue weighted by molar-refractivity contribution is 5.89. The number of nitrogens with one attached hydrogen (secondary N) is 2. The van der Waals surface area contributed by atoms with E-state index < -0.39 is 29.2 Å². The van der Waals surface area contributed by atoms with Crippen LogP contribution in [0.25, 0.3) is 0 Å². The monoisotopic (exact) mass is 262 g/mol. The number of benzene rings is 1. The summed E-state index contributed by atoms with van der Waals surface area (Å²) in [6.45, 7) is 1.94. The van der Waals surface area contributed by atoms with E-state index in [9.17, 15) is 18.0 Å². The maximum atomic E-state index is 13.2. The van der Waals surface area contributed by atoms with Crippen molar-refractivity contribution in [3.8, 4) is 0 Å². The van der Waals surface area contributed by atoms with E-state index in [1.165, 1.54) is 7.11 Å². The second kappa shape index (κ2) is 6.25. The van der Waals surface area contributed by atoms with Crippen molar-refractivity contribution in [3.05, 3.63) is 29.6 Å². The van der Waals surface area contributed by atoms with Crippen molar-refractivity contribution in [2.45, 2.75) is 13.0 Å². The van der Waals surface area contributed by atoms with Crippen LogP contribution in [-0.2, 0) is 4.74 Å². The molecular weight excluding hydrogens is 249 g/mol. The fourth-order valence-corrected chi connectivity index (χ4v) is 1.30. The number of methoxy groups -OCH3 is 1. The Bertz CT molecular complexity index is 441. The molecule has 0 saturated carbocycles. The Morgan fingerprint density at radius 1 is 1.33 bits per heavy atom. The number of amides is 2. The molecule has 0 aromatic heterocycles. The van der Waals surface area contributed by atoms with Crippen LogP contribution in [0.5, 0.6) is 0 Å². The Morgan fingerprint density at radius 3 is 2.61 bits per heavy atom. The first-order valence-corrected chi connectivity index (χ1v) is 5.15. The van der Waals surface area contributed by atoms with Crippen molar-refractivity contribution in [3.63, 3.8) is 0 Å². The molecule has 2 amide bonds. The highest BCUT2D eigenvalue weighted by Crippen LogP contribution is 2.19. The highest BCUT2D eigenvalue weighted by Gasteiger charge is 2.15. The molecule has 7 heteroatoms. The van der Waals surface area contributed by atoms with Crippen LogP contribution in [0.4, 0.5) is 23.7 Å². The fourth-order valence-electron chi connectivity index (χ4n) is 1.30. The molecule has 100 valence electrons. The van der Waals surface area contributed by atoms with Gasteiger partial charge in [-0.05, 0) is 19.1 Å². The Morgan fingerprint density at radius 2 is 2.00 bits per heavy atom. The van der Waals surface area contributed by atoms with Crippen molar-refractivity contribution in [1.29, 1.82) is 0 Å². The van der Waals surface area contributed by atoms with Crippen LogP contribution in [0.3, 0.4) is 0 Å². The van der Waals surface area contributed by atoms with E-state index in [-0.39, 0.29) is 12.6 Å². The molecule has 0 heterocycles. The molecule has 1 rings (SSSR count). The molecule has 2 N–H and O–H groups in total. The standard InChI is InChI=1S/C11H13F3N2O2/c1-6(5-18-2)15-11(17)16-8-4-3-7(12)9(13)10(8)14/h3-4,6H,5H2,1-2H3,(H2,15,16,17). The average Bonchev–Trinajstić information content (AvgIpc) is 2.30. The lowest BCUT2D eigenvalue weighted by atomic mass is 10.3. The minimum Gasteiger partial charge on any atom is -0.383 e. The van der Waals surface area contributed by atoms with Crippen molar-refractivity contribution < 1.29 is 22.7 Å². The normalized spacial score (nSPS) is 12.1. The number of anilines is 1. The number of rotatable bonds is 4. The molecule has 0 saturated heterocycles. The van der Waals surface area contributed by atoms with Gasteiger partial charge < -0.3 is 15.4 Å². The zero-order valence-corrected chi connectivity index (χ0v) is 9.89. The molecule has 0 bridgehead atoms. The summed E-state index contributed by atoms with van der Waals surface area (Å²) in [4.78, 5) is 11.4. The molecule has 0 aliphatic carbocycles. The zero-order valence-electron chi connectivity index (χ0n) is 9.89. The molecule has 0 aliphatic rings. The summed E-state index contributed by atoms with van der Waals surface area (Å²) in [5.74, 6) is -4.38. The molecule has 4 nitrogen and oxygen atoms in total. The van der Waals surface area contributed by atoms with Crippen LogP contribution in [0.15, 0.2) is 12.1 Å². The molecule has 0 spiro atoms. The molecule has 1 unspecified atom stereocenters. The van der Waals surface area contributed by atoms with Crippen LogP contribution >= 0.6 is 0 Å². The van der Waals surface area contributed by atoms with Crippen LogP contribution in [-0.4, -0.2) is 25.8 Å². The maximum Gasteiger partial charge on any atom is 0.319 e. The highest BCUT2D eigenvalue weighted by atomic mass is 19.2. The van der Waals surface area contributed by atoms with Gasteiger partial charge in [0.15, 0.2) is 17.5 Å². The summed E-state index contributed by atoms with van der Waals surface area (Å²) in [5.41, 5.74) is -0.434. The van der Waals surface area contributed by atoms with Crippen LogP contribution in [0, 0.1) is 17.5 Å². The number of carbonyl (C=O) groups is 1. The molecule has 0 fully saturated rings. The Balaban J connectivity index is 2.68. The summed E-state index contributed by atoms with van der Waals surface area (Å²) in [6.07, 6.45) is 0. The minimum absolute atomic E-state index is 0.272. The van der Waals surface area contributed by atoms with Gasteiger partial charge in [0, 0.05) is 7.11 Å². The Kier molecular flexibility index (Phi) is 4.96. The summed E-state index contributed by atoms with van der Waals surface area (Å²) >= 11 is 0. The van der Waals surface area contributed by atoms with E-state index in [2.05, 4.69) is 10.6 Å². The third kappa shape index (κ3) is 3.63. The van der Waals surface area contributed by atoms with E-state index in [0.717, 1.165) is 12.1 Å². The second-order valence-electron chi connectivity index (χ2n) is 3.68. The largest absolute Gasteiger partial charge is 0.383 e. The van der Waals surface area contributed by atoms with Gasteiger partial charge in [0.05, 0.1) is 18.3 Å². The van der Waals surface area contributed by atoms with E-state index in [1.54, 1.807) is 6.92 Å². The van der Waals surface area contributed by atoms with Gasteiger partial charge in [-0.25, -0.2) is 18.0 Å². The fraction of sp³-hybridized carbons (Fsp3) is 0.364. The van der Waals surface area contributed by atoms with Crippen molar-refractivity contribution in [1.82, 2.24) is 5.32 Å². The predicted octanol–water partition coefficient (Wildman–Crippen LogP) is 2.26. The quantitative estimate of drug-likeness (QED) is 0.818. The summed E-state index contributed by atoms with van der Waals surface area (Å²) in [7, 11) is 1.46. The van der Waals surface area contributed by atoms with Gasteiger partial charge in [-0.15, -0.1) is 0 Å². The zero-order chi connectivity index (χ0) is 13.7. The second-order valence-corrected chi connectivity index (χ2v) is 3.68. The average molecular weight is 262 g/mol. The number of urea groups is 1. The van der Waals surface area contributed by atoms with E-state index in [4.69, 9.17) is 4.74 Å². The summed E-state index contributed by atoms with van der Waals surface area (Å²) in [6, 6.07) is 0.633. The third-order valence-corrected chi connectivity index (χ3v) is 2.08. The number of ether oxygens (including phenoxy) is 1. The molecule has 0 aliphatic heterocycles. The molecule has 1 atom stereocenters. The first-order valence-electron chi connectivity index (χ1n) is 5.15.